The highest BCUT2D eigenvalue weighted by molar-refractivity contribution is 8.10. The number of sulfone groups is 2. The molecule has 0 aliphatic heterocycles. The molecule has 0 aromatic heterocycles. The monoisotopic (exact) mass is 494 g/mol. The predicted octanol–water partition coefficient (Wildman–Crippen LogP) is 5.58. The van der Waals surface area contributed by atoms with Gasteiger partial charge in [-0.3, -0.25) is 0 Å². The van der Waals surface area contributed by atoms with Crippen LogP contribution in [0.25, 0.3) is 0 Å². The van der Waals surface area contributed by atoms with E-state index >= 15 is 4.39 Å². The van der Waals surface area contributed by atoms with Crippen molar-refractivity contribution in [3.8, 4) is 0 Å². The molecule has 0 aliphatic carbocycles. The smallest absolute Gasteiger partial charge is 0.219 e. The molecule has 4 aromatic carbocycles. The zero-order chi connectivity index (χ0) is 24.2. The van der Waals surface area contributed by atoms with Gasteiger partial charge in [-0.25, -0.2) is 21.2 Å². The minimum Gasteiger partial charge on any atom is -0.219 e. The van der Waals surface area contributed by atoms with Gasteiger partial charge >= 0.3 is 4.33 Å². The van der Waals surface area contributed by atoms with E-state index in [0.717, 1.165) is 0 Å². The lowest BCUT2D eigenvalue weighted by atomic mass is 9.92. The van der Waals surface area contributed by atoms with Crippen LogP contribution < -0.4 is 0 Å². The lowest BCUT2D eigenvalue weighted by molar-refractivity contribution is 0.304. The summed E-state index contributed by atoms with van der Waals surface area (Å²) in [6.45, 7) is 0. The fraction of sp³-hybridized carbons (Fsp3) is 0.111. The van der Waals surface area contributed by atoms with E-state index in [1.165, 1.54) is 48.5 Å². The summed E-state index contributed by atoms with van der Waals surface area (Å²) in [5, 5.41) is 0. The molecule has 4 rings (SSSR count). The minimum absolute atomic E-state index is 0.139. The molecule has 1 atom stereocenters. The summed E-state index contributed by atoms with van der Waals surface area (Å²) >= 11 is 0. The maximum atomic E-state index is 17.6. The van der Waals surface area contributed by atoms with Gasteiger partial charge in [0.1, 0.15) is 0 Å². The second kappa shape index (κ2) is 9.52. The minimum atomic E-state index is -5.03. The quantitative estimate of drug-likeness (QED) is 0.321. The first kappa shape index (κ1) is 23.9. The van der Waals surface area contributed by atoms with Crippen molar-refractivity contribution >= 4 is 19.7 Å². The largest absolute Gasteiger partial charge is 0.324 e. The zero-order valence-electron chi connectivity index (χ0n) is 18.2. The standard InChI is InChI=1S/C27H23FO4S2/c28-27(33(29,30)24-17-9-3-10-18-24,34(31,32)25-19-11-4-12-20-25)26(23-15-7-2-8-16-23)21-22-13-5-1-6-14-22/h1-20,26H,21H2. The highest BCUT2D eigenvalue weighted by Crippen LogP contribution is 2.48. The summed E-state index contributed by atoms with van der Waals surface area (Å²) in [4.78, 5) is -0.794. The van der Waals surface area contributed by atoms with Gasteiger partial charge in [0.15, 0.2) is 0 Å². The summed E-state index contributed by atoms with van der Waals surface area (Å²) in [5.74, 6) is -1.54. The topological polar surface area (TPSA) is 68.3 Å². The second-order valence-electron chi connectivity index (χ2n) is 7.87. The van der Waals surface area contributed by atoms with Crippen LogP contribution in [0.4, 0.5) is 4.39 Å². The van der Waals surface area contributed by atoms with E-state index in [2.05, 4.69) is 0 Å². The molecule has 1 unspecified atom stereocenters. The van der Waals surface area contributed by atoms with Gasteiger partial charge in [0.2, 0.25) is 19.7 Å². The molecule has 0 radical (unpaired) electrons. The Bertz CT molecular complexity index is 1370. The van der Waals surface area contributed by atoms with Crippen LogP contribution in [0.15, 0.2) is 131 Å². The molecule has 0 N–H and O–H groups in total. The Morgan fingerprint density at radius 2 is 0.912 bits per heavy atom. The summed E-state index contributed by atoms with van der Waals surface area (Å²) < 4.78 is 69.6. The first-order valence-corrected chi connectivity index (χ1v) is 13.6. The summed E-state index contributed by atoms with van der Waals surface area (Å²) in [6.07, 6.45) is -0.139. The molecule has 0 bridgehead atoms. The van der Waals surface area contributed by atoms with Gasteiger partial charge in [-0.2, -0.15) is 0 Å². The van der Waals surface area contributed by atoms with Crippen LogP contribution in [0.5, 0.6) is 0 Å². The lowest BCUT2D eigenvalue weighted by Crippen LogP contribution is -2.48. The maximum absolute atomic E-state index is 17.6. The molecule has 0 heterocycles. The molecule has 0 saturated heterocycles. The van der Waals surface area contributed by atoms with Gasteiger partial charge in [0.05, 0.1) is 15.7 Å². The first-order valence-electron chi connectivity index (χ1n) is 10.7. The van der Waals surface area contributed by atoms with E-state index in [-0.39, 0.29) is 12.0 Å². The van der Waals surface area contributed by atoms with Gasteiger partial charge in [-0.1, -0.05) is 97.1 Å². The van der Waals surface area contributed by atoms with E-state index < -0.39 is 39.7 Å². The Morgan fingerprint density at radius 1 is 0.559 bits per heavy atom. The lowest BCUT2D eigenvalue weighted by Gasteiger charge is -2.33. The van der Waals surface area contributed by atoms with Crippen LogP contribution in [-0.4, -0.2) is 21.2 Å². The molecular formula is C27H23FO4S2. The average Bonchev–Trinajstić information content (AvgIpc) is 2.89. The normalized spacial score (nSPS) is 13.3. The van der Waals surface area contributed by atoms with Crippen LogP contribution in [-0.2, 0) is 26.1 Å². The van der Waals surface area contributed by atoms with Crippen molar-refractivity contribution < 1.29 is 21.2 Å². The van der Waals surface area contributed by atoms with Crippen LogP contribution in [0.3, 0.4) is 0 Å². The van der Waals surface area contributed by atoms with E-state index in [0.29, 0.717) is 5.56 Å². The average molecular weight is 495 g/mol. The van der Waals surface area contributed by atoms with Gasteiger partial charge < -0.3 is 0 Å². The SMILES string of the molecule is O=S(=O)(c1ccccc1)C(F)(C(Cc1ccccc1)c1ccccc1)S(=O)(=O)c1ccccc1. The van der Waals surface area contributed by atoms with Crippen molar-refractivity contribution in [2.75, 3.05) is 0 Å². The number of benzene rings is 4. The van der Waals surface area contributed by atoms with Crippen LogP contribution in [0.2, 0.25) is 0 Å². The molecule has 4 nitrogen and oxygen atoms in total. The highest BCUT2D eigenvalue weighted by atomic mass is 32.3. The van der Waals surface area contributed by atoms with Crippen molar-refractivity contribution in [1.29, 1.82) is 0 Å². The summed E-state index contributed by atoms with van der Waals surface area (Å²) in [5.41, 5.74) is 0.887. The van der Waals surface area contributed by atoms with Crippen molar-refractivity contribution in [2.24, 2.45) is 0 Å². The fourth-order valence-electron chi connectivity index (χ4n) is 4.01. The Balaban J connectivity index is 2.04. The first-order chi connectivity index (χ1) is 16.3. The molecule has 0 spiro atoms. The molecule has 0 amide bonds. The summed E-state index contributed by atoms with van der Waals surface area (Å²) in [7, 11) is -10.1. The third kappa shape index (κ3) is 4.17. The third-order valence-corrected chi connectivity index (χ3v) is 10.9. The van der Waals surface area contributed by atoms with Crippen molar-refractivity contribution in [1.82, 2.24) is 0 Å². The number of halogens is 1. The number of hydrogen-bond donors (Lipinski definition) is 0. The number of alkyl halides is 1. The molecule has 4 aromatic rings. The van der Waals surface area contributed by atoms with Gasteiger partial charge in [0.25, 0.3) is 0 Å². The van der Waals surface area contributed by atoms with E-state index in [1.807, 2.05) is 0 Å². The van der Waals surface area contributed by atoms with E-state index in [4.69, 9.17) is 0 Å². The van der Waals surface area contributed by atoms with E-state index in [1.54, 1.807) is 72.8 Å². The van der Waals surface area contributed by atoms with Gasteiger partial charge in [-0.15, -0.1) is 0 Å². The third-order valence-electron chi connectivity index (χ3n) is 5.74. The Hall–Kier alpha value is -3.29. The zero-order valence-corrected chi connectivity index (χ0v) is 19.8. The van der Waals surface area contributed by atoms with Crippen molar-refractivity contribution in [3.05, 3.63) is 132 Å². The molecule has 0 aliphatic rings. The van der Waals surface area contributed by atoms with Gasteiger partial charge in [0, 0.05) is 0 Å². The maximum Gasteiger partial charge on any atom is 0.324 e. The Kier molecular flexibility index (Phi) is 6.68. The van der Waals surface area contributed by atoms with Gasteiger partial charge in [-0.05, 0) is 41.8 Å². The molecule has 34 heavy (non-hydrogen) atoms. The van der Waals surface area contributed by atoms with Crippen molar-refractivity contribution in [3.63, 3.8) is 0 Å². The van der Waals surface area contributed by atoms with Crippen LogP contribution >= 0.6 is 0 Å². The molecular weight excluding hydrogens is 471 g/mol. The Morgan fingerprint density at radius 3 is 1.32 bits per heavy atom. The fourth-order valence-corrected chi connectivity index (χ4v) is 8.61. The van der Waals surface area contributed by atoms with Crippen LogP contribution in [0, 0.1) is 0 Å². The molecule has 0 fully saturated rings. The Labute approximate surface area is 199 Å². The number of rotatable bonds is 8. The second-order valence-corrected chi connectivity index (χ2v) is 12.3. The highest BCUT2D eigenvalue weighted by Gasteiger charge is 2.62. The molecule has 0 saturated carbocycles. The van der Waals surface area contributed by atoms with E-state index in [9.17, 15) is 16.8 Å². The molecule has 174 valence electrons. The van der Waals surface area contributed by atoms with Crippen LogP contribution in [0.1, 0.15) is 17.0 Å². The van der Waals surface area contributed by atoms with Crippen molar-refractivity contribution in [2.45, 2.75) is 26.5 Å². The number of hydrogen-bond acceptors (Lipinski definition) is 4. The summed E-state index contributed by atoms with van der Waals surface area (Å²) in [6, 6.07) is 30.6. The predicted molar refractivity (Wildman–Crippen MR) is 130 cm³/mol. The molecule has 7 heteroatoms.